The molecule has 2 saturated heterocycles. The fourth-order valence-corrected chi connectivity index (χ4v) is 4.31. The molecule has 8 heteroatoms. The minimum atomic E-state index is -4.73. The van der Waals surface area contributed by atoms with Crippen LogP contribution in [0.5, 0.6) is 0 Å². The van der Waals surface area contributed by atoms with Crippen LogP contribution in [0, 0.1) is 5.82 Å². The van der Waals surface area contributed by atoms with Crippen molar-refractivity contribution in [3.05, 3.63) is 41.6 Å². The van der Waals surface area contributed by atoms with E-state index in [1.807, 2.05) is 6.20 Å². The minimum Gasteiger partial charge on any atom is -0.333 e. The lowest BCUT2D eigenvalue weighted by Crippen LogP contribution is -2.29. The molecule has 29 heavy (non-hydrogen) atoms. The number of nitrogens with zero attached hydrogens (tertiary/aromatic N) is 3. The Labute approximate surface area is 167 Å². The number of rotatable bonds is 5. The summed E-state index contributed by atoms with van der Waals surface area (Å²) in [4.78, 5) is 7.14. The summed E-state index contributed by atoms with van der Waals surface area (Å²) in [5.74, 6) is -0.0435. The van der Waals surface area contributed by atoms with Gasteiger partial charge in [-0.2, -0.15) is 13.2 Å². The van der Waals surface area contributed by atoms with E-state index in [4.69, 9.17) is 4.98 Å². The van der Waals surface area contributed by atoms with Gasteiger partial charge in [-0.3, -0.25) is 0 Å². The predicted molar refractivity (Wildman–Crippen MR) is 103 cm³/mol. The van der Waals surface area contributed by atoms with Gasteiger partial charge in [-0.1, -0.05) is 0 Å². The van der Waals surface area contributed by atoms with Gasteiger partial charge in [0.1, 0.15) is 11.6 Å². The molecule has 0 aliphatic carbocycles. The van der Waals surface area contributed by atoms with Crippen molar-refractivity contribution in [3.8, 4) is 11.3 Å². The third kappa shape index (κ3) is 4.64. The summed E-state index contributed by atoms with van der Waals surface area (Å²) in [6.45, 7) is 5.68. The van der Waals surface area contributed by atoms with Crippen molar-refractivity contribution in [1.29, 1.82) is 0 Å². The molecule has 4 nitrogen and oxygen atoms in total. The Balaban J connectivity index is 1.64. The zero-order valence-corrected chi connectivity index (χ0v) is 16.3. The summed E-state index contributed by atoms with van der Waals surface area (Å²) in [7, 11) is 0. The fraction of sp³-hybridized carbons (Fsp3) is 0.571. The second kappa shape index (κ2) is 8.44. The van der Waals surface area contributed by atoms with Crippen LogP contribution in [-0.2, 0) is 12.7 Å². The zero-order valence-electron chi connectivity index (χ0n) is 16.3. The number of nitrogens with one attached hydrogen (secondary N) is 1. The Morgan fingerprint density at radius 1 is 1.07 bits per heavy atom. The summed E-state index contributed by atoms with van der Waals surface area (Å²) < 4.78 is 55.2. The number of imidazole rings is 1. The SMILES string of the molecule is Fc1ccc(-c2cn(CCN3CCCC3)c(C3CCNCC3)n2)cc1C(F)(F)F. The van der Waals surface area contributed by atoms with Gasteiger partial charge in [0.2, 0.25) is 0 Å². The molecular formula is C21H26F4N4. The Hall–Kier alpha value is -1.93. The molecule has 1 aromatic carbocycles. The smallest absolute Gasteiger partial charge is 0.333 e. The summed E-state index contributed by atoms with van der Waals surface area (Å²) in [5.41, 5.74) is -0.468. The maximum atomic E-state index is 13.7. The van der Waals surface area contributed by atoms with E-state index in [2.05, 4.69) is 14.8 Å². The quantitative estimate of drug-likeness (QED) is 0.748. The molecule has 4 rings (SSSR count). The predicted octanol–water partition coefficient (Wildman–Crippen LogP) is 4.27. The molecule has 2 aliphatic heterocycles. The van der Waals surface area contributed by atoms with Crippen LogP contribution in [0.2, 0.25) is 0 Å². The summed E-state index contributed by atoms with van der Waals surface area (Å²) in [6, 6.07) is 3.13. The van der Waals surface area contributed by atoms with Gasteiger partial charge in [-0.05, 0) is 70.1 Å². The number of aromatic nitrogens is 2. The monoisotopic (exact) mass is 410 g/mol. The first-order chi connectivity index (χ1) is 13.9. The van der Waals surface area contributed by atoms with Gasteiger partial charge < -0.3 is 14.8 Å². The fourth-order valence-electron chi connectivity index (χ4n) is 4.31. The van der Waals surface area contributed by atoms with Crippen LogP contribution in [0.3, 0.4) is 0 Å². The van der Waals surface area contributed by atoms with E-state index in [-0.39, 0.29) is 5.92 Å². The third-order valence-electron chi connectivity index (χ3n) is 5.94. The first-order valence-electron chi connectivity index (χ1n) is 10.3. The number of alkyl halides is 3. The summed E-state index contributed by atoms with van der Waals surface area (Å²) in [5, 5.41) is 3.34. The Morgan fingerprint density at radius 2 is 1.79 bits per heavy atom. The van der Waals surface area contributed by atoms with Crippen molar-refractivity contribution in [3.63, 3.8) is 0 Å². The van der Waals surface area contributed by atoms with E-state index >= 15 is 0 Å². The average Bonchev–Trinajstić information content (AvgIpc) is 3.36. The lowest BCUT2D eigenvalue weighted by Gasteiger charge is -2.24. The molecule has 0 spiro atoms. The molecule has 1 N–H and O–H groups in total. The third-order valence-corrected chi connectivity index (χ3v) is 5.94. The standard InChI is InChI=1S/C21H26F4N4/c22-18-4-3-16(13-17(18)21(23,24)25)19-14-29(12-11-28-9-1-2-10-28)20(27-19)15-5-7-26-8-6-15/h3-4,13-15,26H,1-2,5-12H2. The van der Waals surface area contributed by atoms with E-state index < -0.39 is 17.6 Å². The summed E-state index contributed by atoms with van der Waals surface area (Å²) in [6.07, 6.45) is 1.45. The van der Waals surface area contributed by atoms with Gasteiger partial charge in [0, 0.05) is 30.8 Å². The van der Waals surface area contributed by atoms with Gasteiger partial charge in [-0.15, -0.1) is 0 Å². The second-order valence-electron chi connectivity index (χ2n) is 7.94. The Morgan fingerprint density at radius 3 is 2.48 bits per heavy atom. The van der Waals surface area contributed by atoms with Crippen molar-refractivity contribution in [2.75, 3.05) is 32.7 Å². The molecule has 0 amide bonds. The van der Waals surface area contributed by atoms with Gasteiger partial charge >= 0.3 is 6.18 Å². The van der Waals surface area contributed by atoms with Crippen LogP contribution < -0.4 is 5.32 Å². The molecule has 2 fully saturated rings. The van der Waals surface area contributed by atoms with Crippen LogP contribution in [0.4, 0.5) is 17.6 Å². The van der Waals surface area contributed by atoms with Crippen LogP contribution in [0.15, 0.2) is 24.4 Å². The number of likely N-dealkylation sites (tertiary alicyclic amines) is 1. The Kier molecular flexibility index (Phi) is 5.92. The molecule has 0 unspecified atom stereocenters. The van der Waals surface area contributed by atoms with E-state index in [1.165, 1.54) is 18.9 Å². The highest BCUT2D eigenvalue weighted by Crippen LogP contribution is 2.35. The number of hydrogen-bond donors (Lipinski definition) is 1. The normalized spacial score (nSPS) is 19.2. The number of hydrogen-bond acceptors (Lipinski definition) is 3. The van der Waals surface area contributed by atoms with Crippen LogP contribution in [0.25, 0.3) is 11.3 Å². The molecule has 158 valence electrons. The van der Waals surface area contributed by atoms with Gasteiger partial charge in [0.05, 0.1) is 11.3 Å². The molecule has 1 aromatic heterocycles. The minimum absolute atomic E-state index is 0.283. The molecule has 0 bridgehead atoms. The maximum Gasteiger partial charge on any atom is 0.419 e. The molecule has 0 radical (unpaired) electrons. The van der Waals surface area contributed by atoms with Gasteiger partial charge in [0.15, 0.2) is 0 Å². The van der Waals surface area contributed by atoms with Crippen molar-refractivity contribution in [1.82, 2.24) is 19.8 Å². The van der Waals surface area contributed by atoms with Crippen LogP contribution in [0.1, 0.15) is 43.0 Å². The number of benzene rings is 1. The van der Waals surface area contributed by atoms with Crippen molar-refractivity contribution >= 4 is 0 Å². The van der Waals surface area contributed by atoms with E-state index in [0.29, 0.717) is 11.3 Å². The molecule has 2 aromatic rings. The Bertz CT molecular complexity index is 834. The molecule has 0 saturated carbocycles. The van der Waals surface area contributed by atoms with E-state index in [9.17, 15) is 17.6 Å². The van der Waals surface area contributed by atoms with Crippen LogP contribution >= 0.6 is 0 Å². The first-order valence-corrected chi connectivity index (χ1v) is 10.3. The molecule has 3 heterocycles. The van der Waals surface area contributed by atoms with Gasteiger partial charge in [-0.25, -0.2) is 9.37 Å². The van der Waals surface area contributed by atoms with E-state index in [1.54, 1.807) is 0 Å². The lowest BCUT2D eigenvalue weighted by atomic mass is 9.97. The highest BCUT2D eigenvalue weighted by Gasteiger charge is 2.34. The second-order valence-corrected chi connectivity index (χ2v) is 7.94. The highest BCUT2D eigenvalue weighted by atomic mass is 19.4. The largest absolute Gasteiger partial charge is 0.419 e. The zero-order chi connectivity index (χ0) is 20.4. The number of piperidine rings is 1. The van der Waals surface area contributed by atoms with Crippen LogP contribution in [-0.4, -0.2) is 47.2 Å². The molecule has 0 atom stereocenters. The van der Waals surface area contributed by atoms with Gasteiger partial charge in [0.25, 0.3) is 0 Å². The van der Waals surface area contributed by atoms with Crippen molar-refractivity contribution in [2.45, 2.75) is 44.3 Å². The molecule has 2 aliphatic rings. The number of halogens is 4. The highest BCUT2D eigenvalue weighted by molar-refractivity contribution is 5.60. The maximum absolute atomic E-state index is 13.7. The summed E-state index contributed by atoms with van der Waals surface area (Å²) >= 11 is 0. The topological polar surface area (TPSA) is 33.1 Å². The molecular weight excluding hydrogens is 384 g/mol. The van der Waals surface area contributed by atoms with Crippen molar-refractivity contribution in [2.24, 2.45) is 0 Å². The van der Waals surface area contributed by atoms with E-state index in [0.717, 1.165) is 70.1 Å². The lowest BCUT2D eigenvalue weighted by molar-refractivity contribution is -0.139. The first kappa shape index (κ1) is 20.3. The van der Waals surface area contributed by atoms with Crippen molar-refractivity contribution < 1.29 is 17.6 Å². The average molecular weight is 410 g/mol.